The molecule has 0 heterocycles. The van der Waals surface area contributed by atoms with Gasteiger partial charge in [-0.1, -0.05) is 53.5 Å². The second-order valence-electron chi connectivity index (χ2n) is 4.05. The number of rotatable bonds is 3. The number of hydrogen-bond acceptors (Lipinski definition) is 4. The van der Waals surface area contributed by atoms with Gasteiger partial charge in [0.05, 0.1) is 0 Å². The van der Waals surface area contributed by atoms with Crippen LogP contribution in [0.25, 0.3) is 0 Å². The lowest BCUT2D eigenvalue weighted by molar-refractivity contribution is 0.305. The highest BCUT2D eigenvalue weighted by atomic mass is 35.5. The Morgan fingerprint density at radius 1 is 1.00 bits per heavy atom. The summed E-state index contributed by atoms with van der Waals surface area (Å²) >= 11 is 11.9. The van der Waals surface area contributed by atoms with Gasteiger partial charge in [0.1, 0.15) is 39.9 Å². The fourth-order valence-electron chi connectivity index (χ4n) is 1.74. The zero-order chi connectivity index (χ0) is 15.4. The monoisotopic (exact) mass is 318 g/mol. The van der Waals surface area contributed by atoms with E-state index >= 15 is 0 Å². The summed E-state index contributed by atoms with van der Waals surface area (Å²) in [5, 5.41) is 27.7. The van der Waals surface area contributed by atoms with Gasteiger partial charge in [-0.25, -0.2) is 0 Å². The summed E-state index contributed by atoms with van der Waals surface area (Å²) in [6.45, 7) is 0.154. The Balaban J connectivity index is 2.46. The van der Waals surface area contributed by atoms with E-state index in [4.69, 9.17) is 33.2 Å². The van der Waals surface area contributed by atoms with Crippen LogP contribution in [0, 0.1) is 22.7 Å². The highest BCUT2D eigenvalue weighted by molar-refractivity contribution is 6.44. The first-order chi connectivity index (χ1) is 10.1. The maximum atomic E-state index is 9.75. The van der Waals surface area contributed by atoms with Crippen LogP contribution in [0.5, 0.6) is 11.5 Å². The van der Waals surface area contributed by atoms with E-state index in [1.165, 1.54) is 0 Å². The van der Waals surface area contributed by atoms with Crippen LogP contribution in [-0.4, -0.2) is 5.11 Å². The predicted molar refractivity (Wildman–Crippen MR) is 78.3 cm³/mol. The number of nitrogens with zero attached hydrogens (tertiary/aromatic N) is 2. The molecule has 2 rings (SSSR count). The average Bonchev–Trinajstić information content (AvgIpc) is 2.52. The fourth-order valence-corrected chi connectivity index (χ4v) is 2.15. The van der Waals surface area contributed by atoms with E-state index in [9.17, 15) is 10.4 Å². The van der Waals surface area contributed by atoms with Gasteiger partial charge in [-0.3, -0.25) is 0 Å². The summed E-state index contributed by atoms with van der Waals surface area (Å²) < 4.78 is 5.52. The number of aromatic hydroxyl groups is 1. The van der Waals surface area contributed by atoms with Crippen molar-refractivity contribution in [3.63, 3.8) is 0 Å². The van der Waals surface area contributed by atoms with Crippen LogP contribution in [-0.2, 0) is 6.61 Å². The molecule has 0 radical (unpaired) electrons. The van der Waals surface area contributed by atoms with Crippen molar-refractivity contribution >= 4 is 23.2 Å². The van der Waals surface area contributed by atoms with Crippen molar-refractivity contribution in [1.29, 1.82) is 10.5 Å². The van der Waals surface area contributed by atoms with Crippen LogP contribution in [0.4, 0.5) is 0 Å². The van der Waals surface area contributed by atoms with Crippen molar-refractivity contribution in [2.24, 2.45) is 0 Å². The summed E-state index contributed by atoms with van der Waals surface area (Å²) in [6.07, 6.45) is 0. The standard InChI is InChI=1S/C15H8Cl2N2O2/c16-12-13(17)15(11(7-19)10(6-18)14(12)20)21-8-9-4-2-1-3-5-9/h1-5,20H,8H2. The normalized spacial score (nSPS) is 9.71. The van der Waals surface area contributed by atoms with Gasteiger partial charge in [0.15, 0.2) is 11.5 Å². The SMILES string of the molecule is N#Cc1c(O)c(Cl)c(Cl)c(OCc2ccccc2)c1C#N. The number of halogens is 2. The smallest absolute Gasteiger partial charge is 0.159 e. The molecule has 0 fully saturated rings. The van der Waals surface area contributed by atoms with Crippen LogP contribution < -0.4 is 4.74 Å². The third kappa shape index (κ3) is 2.87. The second-order valence-corrected chi connectivity index (χ2v) is 4.81. The molecule has 0 unspecified atom stereocenters. The highest BCUT2D eigenvalue weighted by Crippen LogP contribution is 2.44. The lowest BCUT2D eigenvalue weighted by Gasteiger charge is -2.13. The molecule has 1 N–H and O–H groups in total. The lowest BCUT2D eigenvalue weighted by atomic mass is 10.1. The molecule has 0 saturated heterocycles. The summed E-state index contributed by atoms with van der Waals surface area (Å²) in [4.78, 5) is 0. The predicted octanol–water partition coefficient (Wildman–Crippen LogP) is 4.02. The van der Waals surface area contributed by atoms with E-state index in [1.54, 1.807) is 6.07 Å². The van der Waals surface area contributed by atoms with E-state index in [1.807, 2.05) is 36.4 Å². The zero-order valence-corrected chi connectivity index (χ0v) is 12.1. The molecule has 0 aliphatic heterocycles. The van der Waals surface area contributed by atoms with Gasteiger partial charge in [-0.05, 0) is 5.56 Å². The first-order valence-electron chi connectivity index (χ1n) is 5.81. The molecule has 0 atom stereocenters. The summed E-state index contributed by atoms with van der Waals surface area (Å²) in [5.41, 5.74) is 0.468. The van der Waals surface area contributed by atoms with Gasteiger partial charge < -0.3 is 9.84 Å². The molecule has 0 bridgehead atoms. The van der Waals surface area contributed by atoms with E-state index in [-0.39, 0.29) is 33.5 Å². The van der Waals surface area contributed by atoms with E-state index in [2.05, 4.69) is 0 Å². The molecule has 0 aliphatic rings. The number of hydrogen-bond donors (Lipinski definition) is 1. The van der Waals surface area contributed by atoms with E-state index < -0.39 is 5.75 Å². The lowest BCUT2D eigenvalue weighted by Crippen LogP contribution is -2.00. The van der Waals surface area contributed by atoms with Gasteiger partial charge in [-0.2, -0.15) is 10.5 Å². The zero-order valence-electron chi connectivity index (χ0n) is 10.6. The van der Waals surface area contributed by atoms with Gasteiger partial charge in [0.25, 0.3) is 0 Å². The molecular formula is C15H8Cl2N2O2. The second kappa shape index (κ2) is 6.37. The van der Waals surface area contributed by atoms with Crippen LogP contribution in [0.1, 0.15) is 16.7 Å². The molecule has 0 spiro atoms. The Morgan fingerprint density at radius 2 is 1.62 bits per heavy atom. The first-order valence-corrected chi connectivity index (χ1v) is 6.56. The van der Waals surface area contributed by atoms with Crippen LogP contribution in [0.3, 0.4) is 0 Å². The number of benzene rings is 2. The Kier molecular flexibility index (Phi) is 4.55. The van der Waals surface area contributed by atoms with E-state index in [0.717, 1.165) is 5.56 Å². The third-order valence-electron chi connectivity index (χ3n) is 2.76. The number of nitriles is 2. The molecule has 0 aromatic heterocycles. The molecule has 0 amide bonds. The maximum absolute atomic E-state index is 9.75. The molecule has 4 nitrogen and oxygen atoms in total. The average molecular weight is 319 g/mol. The van der Waals surface area contributed by atoms with Gasteiger partial charge >= 0.3 is 0 Å². The minimum Gasteiger partial charge on any atom is -0.505 e. The Bertz CT molecular complexity index is 762. The molecule has 2 aromatic rings. The first kappa shape index (κ1) is 15.0. The van der Waals surface area contributed by atoms with Crippen molar-refractivity contribution in [3.8, 4) is 23.6 Å². The maximum Gasteiger partial charge on any atom is 0.159 e. The van der Waals surface area contributed by atoms with Crippen molar-refractivity contribution < 1.29 is 9.84 Å². The Morgan fingerprint density at radius 3 is 2.19 bits per heavy atom. The molecule has 0 saturated carbocycles. The third-order valence-corrected chi connectivity index (χ3v) is 3.59. The summed E-state index contributed by atoms with van der Waals surface area (Å²) in [5.74, 6) is -0.532. The van der Waals surface area contributed by atoms with E-state index in [0.29, 0.717) is 0 Å². The largest absolute Gasteiger partial charge is 0.505 e. The van der Waals surface area contributed by atoms with Crippen LogP contribution >= 0.6 is 23.2 Å². The Hall–Kier alpha value is -2.40. The molecular weight excluding hydrogens is 311 g/mol. The summed E-state index contributed by atoms with van der Waals surface area (Å²) in [7, 11) is 0. The minimum atomic E-state index is -0.521. The minimum absolute atomic E-state index is 0.0117. The topological polar surface area (TPSA) is 77.0 Å². The number of ether oxygens (including phenoxy) is 1. The van der Waals surface area contributed by atoms with Gasteiger partial charge in [0, 0.05) is 0 Å². The quantitative estimate of drug-likeness (QED) is 0.927. The van der Waals surface area contributed by atoms with Crippen LogP contribution in [0.15, 0.2) is 30.3 Å². The van der Waals surface area contributed by atoms with Crippen molar-refractivity contribution in [2.45, 2.75) is 6.61 Å². The molecule has 21 heavy (non-hydrogen) atoms. The summed E-state index contributed by atoms with van der Waals surface area (Å²) in [6, 6.07) is 12.8. The fraction of sp³-hybridized carbons (Fsp3) is 0.0667. The van der Waals surface area contributed by atoms with Crippen molar-refractivity contribution in [2.75, 3.05) is 0 Å². The highest BCUT2D eigenvalue weighted by Gasteiger charge is 2.23. The van der Waals surface area contributed by atoms with Crippen molar-refractivity contribution in [1.82, 2.24) is 0 Å². The number of phenolic OH excluding ortho intramolecular Hbond substituents is 1. The number of phenols is 1. The molecule has 104 valence electrons. The Labute approximate surface area is 131 Å². The molecule has 0 aliphatic carbocycles. The molecule has 6 heteroatoms. The molecule has 2 aromatic carbocycles. The van der Waals surface area contributed by atoms with Crippen molar-refractivity contribution in [3.05, 3.63) is 57.1 Å². The van der Waals surface area contributed by atoms with Crippen LogP contribution in [0.2, 0.25) is 10.0 Å². The van der Waals surface area contributed by atoms with Gasteiger partial charge in [-0.15, -0.1) is 0 Å². The van der Waals surface area contributed by atoms with Gasteiger partial charge in [0.2, 0.25) is 0 Å².